The van der Waals surface area contributed by atoms with Gasteiger partial charge in [-0.25, -0.2) is 0 Å². The fraction of sp³-hybridized carbons (Fsp3) is 0.538. The summed E-state index contributed by atoms with van der Waals surface area (Å²) in [5.74, 6) is 0.739. The summed E-state index contributed by atoms with van der Waals surface area (Å²) in [6.45, 7) is 1.24. The van der Waals surface area contributed by atoms with E-state index in [1.807, 2.05) is 13.8 Å². The minimum atomic E-state index is -2.83. The van der Waals surface area contributed by atoms with E-state index in [-0.39, 0.29) is 11.8 Å². The number of methoxy groups -OCH3 is 1. The maximum atomic E-state index is 12.3. The van der Waals surface area contributed by atoms with Gasteiger partial charge >= 0.3 is 6.61 Å². The number of alkyl halides is 2. The van der Waals surface area contributed by atoms with Crippen LogP contribution in [0.2, 0.25) is 0 Å². The van der Waals surface area contributed by atoms with E-state index < -0.39 is 6.61 Å². The summed E-state index contributed by atoms with van der Waals surface area (Å²) >= 11 is 0. The quantitative estimate of drug-likeness (QED) is 0.805. The van der Waals surface area contributed by atoms with E-state index in [0.717, 1.165) is 12.8 Å². The van der Waals surface area contributed by atoms with E-state index in [9.17, 15) is 8.78 Å². The van der Waals surface area contributed by atoms with Gasteiger partial charge in [0.05, 0.1) is 12.8 Å². The zero-order valence-corrected chi connectivity index (χ0v) is 10.9. The van der Waals surface area contributed by atoms with Crippen molar-refractivity contribution in [3.8, 4) is 11.5 Å². The molecule has 5 heteroatoms. The molecule has 1 N–H and O–H groups in total. The summed E-state index contributed by atoms with van der Waals surface area (Å²) in [4.78, 5) is 0. The first-order valence-electron chi connectivity index (χ1n) is 6.00. The van der Waals surface area contributed by atoms with Crippen molar-refractivity contribution in [2.75, 3.05) is 12.4 Å². The van der Waals surface area contributed by atoms with Gasteiger partial charge in [-0.15, -0.1) is 0 Å². The van der Waals surface area contributed by atoms with E-state index in [4.69, 9.17) is 4.74 Å². The highest BCUT2D eigenvalue weighted by Gasteiger charge is 2.13. The van der Waals surface area contributed by atoms with Gasteiger partial charge in [0.2, 0.25) is 0 Å². The number of hydrogen-bond donors (Lipinski definition) is 1. The molecule has 1 rings (SSSR count). The van der Waals surface area contributed by atoms with Crippen LogP contribution in [0, 0.1) is 0 Å². The molecule has 0 saturated carbocycles. The zero-order chi connectivity index (χ0) is 13.5. The SMILES string of the molecule is CCC(CC)Nc1cc(OC)ccc1OC(F)F. The monoisotopic (exact) mass is 259 g/mol. The van der Waals surface area contributed by atoms with Crippen LogP contribution in [0.15, 0.2) is 18.2 Å². The highest BCUT2D eigenvalue weighted by atomic mass is 19.3. The fourth-order valence-corrected chi connectivity index (χ4v) is 1.66. The molecule has 0 aliphatic carbocycles. The molecule has 0 aliphatic heterocycles. The molecule has 0 aliphatic rings. The molecule has 1 aromatic rings. The van der Waals surface area contributed by atoms with Crippen LogP contribution in [-0.2, 0) is 0 Å². The minimum absolute atomic E-state index is 0.137. The predicted molar refractivity (Wildman–Crippen MR) is 67.6 cm³/mol. The van der Waals surface area contributed by atoms with E-state index >= 15 is 0 Å². The van der Waals surface area contributed by atoms with Crippen molar-refractivity contribution in [2.45, 2.75) is 39.3 Å². The Morgan fingerprint density at radius 3 is 2.39 bits per heavy atom. The van der Waals surface area contributed by atoms with Crippen LogP contribution < -0.4 is 14.8 Å². The molecule has 0 fully saturated rings. The standard InChI is InChI=1S/C13H19F2NO2/c1-4-9(5-2)16-11-8-10(17-3)6-7-12(11)18-13(14)15/h6-9,13,16H,4-5H2,1-3H3. The van der Waals surface area contributed by atoms with Crippen LogP contribution in [-0.4, -0.2) is 19.8 Å². The number of halogens is 2. The number of hydrogen-bond acceptors (Lipinski definition) is 3. The number of rotatable bonds is 7. The lowest BCUT2D eigenvalue weighted by atomic mass is 10.1. The van der Waals surface area contributed by atoms with Crippen molar-refractivity contribution in [3.05, 3.63) is 18.2 Å². The van der Waals surface area contributed by atoms with Crippen LogP contribution in [0.4, 0.5) is 14.5 Å². The van der Waals surface area contributed by atoms with Crippen molar-refractivity contribution < 1.29 is 18.3 Å². The average molecular weight is 259 g/mol. The Labute approximate surface area is 106 Å². The molecule has 18 heavy (non-hydrogen) atoms. The van der Waals surface area contributed by atoms with Gasteiger partial charge in [0.25, 0.3) is 0 Å². The highest BCUT2D eigenvalue weighted by molar-refractivity contribution is 5.60. The summed E-state index contributed by atoms with van der Waals surface area (Å²) in [6.07, 6.45) is 1.81. The first-order valence-corrected chi connectivity index (χ1v) is 6.00. The molecule has 102 valence electrons. The number of benzene rings is 1. The zero-order valence-electron chi connectivity index (χ0n) is 10.9. The third-order valence-electron chi connectivity index (χ3n) is 2.75. The number of ether oxygens (including phenoxy) is 2. The molecule has 0 aromatic heterocycles. The molecule has 0 spiro atoms. The Morgan fingerprint density at radius 1 is 1.22 bits per heavy atom. The molecular weight excluding hydrogens is 240 g/mol. The summed E-state index contributed by atoms with van der Waals surface area (Å²) in [6, 6.07) is 4.96. The molecule has 0 saturated heterocycles. The third kappa shape index (κ3) is 4.05. The molecule has 0 unspecified atom stereocenters. The molecule has 0 bridgehead atoms. The van der Waals surface area contributed by atoms with Crippen LogP contribution in [0.3, 0.4) is 0 Å². The maximum absolute atomic E-state index is 12.3. The number of nitrogens with one attached hydrogen (secondary N) is 1. The lowest BCUT2D eigenvalue weighted by Crippen LogP contribution is -2.18. The van der Waals surface area contributed by atoms with Gasteiger partial charge in [-0.3, -0.25) is 0 Å². The molecule has 0 radical (unpaired) electrons. The second kappa shape index (κ2) is 7.03. The molecule has 3 nitrogen and oxygen atoms in total. The van der Waals surface area contributed by atoms with Crippen LogP contribution in [0.1, 0.15) is 26.7 Å². The summed E-state index contributed by atoms with van der Waals surface area (Å²) in [5.41, 5.74) is 0.531. The second-order valence-electron chi connectivity index (χ2n) is 3.90. The van der Waals surface area contributed by atoms with Crippen LogP contribution in [0.5, 0.6) is 11.5 Å². The molecule has 1 aromatic carbocycles. The second-order valence-corrected chi connectivity index (χ2v) is 3.90. The van der Waals surface area contributed by atoms with Gasteiger partial charge in [-0.2, -0.15) is 8.78 Å². The van der Waals surface area contributed by atoms with Crippen molar-refractivity contribution in [2.24, 2.45) is 0 Å². The Morgan fingerprint density at radius 2 is 1.89 bits per heavy atom. The van der Waals surface area contributed by atoms with Gasteiger partial charge in [0.15, 0.2) is 0 Å². The Hall–Kier alpha value is -1.52. The van der Waals surface area contributed by atoms with Gasteiger partial charge < -0.3 is 14.8 Å². The largest absolute Gasteiger partial charge is 0.497 e. The van der Waals surface area contributed by atoms with Crippen molar-refractivity contribution >= 4 is 5.69 Å². The molecule has 0 heterocycles. The van der Waals surface area contributed by atoms with Crippen LogP contribution >= 0.6 is 0 Å². The lowest BCUT2D eigenvalue weighted by Gasteiger charge is -2.19. The Bertz CT molecular complexity index is 368. The normalized spacial score (nSPS) is 10.8. The van der Waals surface area contributed by atoms with Crippen molar-refractivity contribution in [1.82, 2.24) is 0 Å². The topological polar surface area (TPSA) is 30.5 Å². The lowest BCUT2D eigenvalue weighted by molar-refractivity contribution is -0.0494. The summed E-state index contributed by atoms with van der Waals surface area (Å²) in [7, 11) is 1.53. The number of anilines is 1. The average Bonchev–Trinajstić information content (AvgIpc) is 2.36. The van der Waals surface area contributed by atoms with Gasteiger partial charge in [0.1, 0.15) is 11.5 Å². The third-order valence-corrected chi connectivity index (χ3v) is 2.75. The Balaban J connectivity index is 2.95. The Kier molecular flexibility index (Phi) is 5.68. The maximum Gasteiger partial charge on any atom is 0.387 e. The van der Waals surface area contributed by atoms with E-state index in [0.29, 0.717) is 11.4 Å². The first kappa shape index (κ1) is 14.5. The summed E-state index contributed by atoms with van der Waals surface area (Å²) < 4.78 is 34.2. The smallest absolute Gasteiger partial charge is 0.387 e. The molecule has 0 atom stereocenters. The van der Waals surface area contributed by atoms with E-state index in [2.05, 4.69) is 10.1 Å². The molecule has 0 amide bonds. The van der Waals surface area contributed by atoms with Crippen LogP contribution in [0.25, 0.3) is 0 Å². The van der Waals surface area contributed by atoms with E-state index in [1.165, 1.54) is 13.2 Å². The highest BCUT2D eigenvalue weighted by Crippen LogP contribution is 2.31. The van der Waals surface area contributed by atoms with Crippen molar-refractivity contribution in [1.29, 1.82) is 0 Å². The van der Waals surface area contributed by atoms with Gasteiger partial charge in [-0.05, 0) is 25.0 Å². The van der Waals surface area contributed by atoms with E-state index in [1.54, 1.807) is 12.1 Å². The van der Waals surface area contributed by atoms with Crippen molar-refractivity contribution in [3.63, 3.8) is 0 Å². The predicted octanol–water partition coefficient (Wildman–Crippen LogP) is 3.90. The minimum Gasteiger partial charge on any atom is -0.497 e. The molecular formula is C13H19F2NO2. The van der Waals surface area contributed by atoms with Gasteiger partial charge in [0, 0.05) is 12.1 Å². The summed E-state index contributed by atoms with van der Waals surface area (Å²) in [5, 5.41) is 3.19. The fourth-order valence-electron chi connectivity index (χ4n) is 1.66. The first-order chi connectivity index (χ1) is 8.60. The van der Waals surface area contributed by atoms with Gasteiger partial charge in [-0.1, -0.05) is 13.8 Å².